The molecule has 0 spiro atoms. The van der Waals surface area contributed by atoms with Gasteiger partial charge in [-0.3, -0.25) is 4.99 Å². The SMILES string of the molecule is COc1ccc(/N=C/c2ccc(C)cc2C)cc1. The number of methoxy groups -OCH3 is 1. The average molecular weight is 239 g/mol. The number of hydrogen-bond acceptors (Lipinski definition) is 2. The van der Waals surface area contributed by atoms with E-state index in [-0.39, 0.29) is 0 Å². The largest absolute Gasteiger partial charge is 0.497 e. The lowest BCUT2D eigenvalue weighted by Gasteiger charge is -2.02. The van der Waals surface area contributed by atoms with Crippen LogP contribution in [0.15, 0.2) is 47.5 Å². The number of rotatable bonds is 3. The predicted molar refractivity (Wildman–Crippen MR) is 76.2 cm³/mol. The van der Waals surface area contributed by atoms with Gasteiger partial charge in [0.15, 0.2) is 0 Å². The first-order valence-corrected chi connectivity index (χ1v) is 5.94. The molecule has 0 aliphatic heterocycles. The van der Waals surface area contributed by atoms with Crippen molar-refractivity contribution in [2.45, 2.75) is 13.8 Å². The Morgan fingerprint density at radius 3 is 2.33 bits per heavy atom. The minimum Gasteiger partial charge on any atom is -0.497 e. The fourth-order valence-electron chi connectivity index (χ4n) is 1.78. The van der Waals surface area contributed by atoms with Crippen molar-refractivity contribution in [3.63, 3.8) is 0 Å². The summed E-state index contributed by atoms with van der Waals surface area (Å²) in [5.41, 5.74) is 4.59. The smallest absolute Gasteiger partial charge is 0.119 e. The molecule has 2 nitrogen and oxygen atoms in total. The maximum absolute atomic E-state index is 5.11. The van der Waals surface area contributed by atoms with E-state index in [1.807, 2.05) is 30.5 Å². The van der Waals surface area contributed by atoms with Gasteiger partial charge in [0.25, 0.3) is 0 Å². The zero-order valence-corrected chi connectivity index (χ0v) is 11.0. The Bertz CT molecular complexity index is 556. The summed E-state index contributed by atoms with van der Waals surface area (Å²) in [7, 11) is 1.66. The van der Waals surface area contributed by atoms with E-state index in [0.717, 1.165) is 17.0 Å². The zero-order chi connectivity index (χ0) is 13.0. The molecule has 0 fully saturated rings. The maximum Gasteiger partial charge on any atom is 0.119 e. The molecule has 2 aromatic rings. The molecule has 0 aliphatic carbocycles. The van der Waals surface area contributed by atoms with Gasteiger partial charge in [0.05, 0.1) is 12.8 Å². The van der Waals surface area contributed by atoms with Crippen LogP contribution in [-0.4, -0.2) is 13.3 Å². The third-order valence-corrected chi connectivity index (χ3v) is 2.85. The summed E-state index contributed by atoms with van der Waals surface area (Å²) in [6.45, 7) is 4.19. The molecule has 0 heterocycles. The quantitative estimate of drug-likeness (QED) is 0.740. The molecule has 2 aromatic carbocycles. The minimum absolute atomic E-state index is 0.848. The van der Waals surface area contributed by atoms with Crippen molar-refractivity contribution >= 4 is 11.9 Å². The monoisotopic (exact) mass is 239 g/mol. The maximum atomic E-state index is 5.11. The van der Waals surface area contributed by atoms with Gasteiger partial charge >= 0.3 is 0 Å². The second kappa shape index (κ2) is 5.50. The van der Waals surface area contributed by atoms with Gasteiger partial charge in [-0.2, -0.15) is 0 Å². The van der Waals surface area contributed by atoms with Gasteiger partial charge in [0.1, 0.15) is 5.75 Å². The van der Waals surface area contributed by atoms with E-state index < -0.39 is 0 Å². The molecule has 0 aromatic heterocycles. The highest BCUT2D eigenvalue weighted by Crippen LogP contribution is 2.18. The second-order valence-electron chi connectivity index (χ2n) is 4.32. The van der Waals surface area contributed by atoms with E-state index in [2.05, 4.69) is 37.0 Å². The molecular weight excluding hydrogens is 222 g/mol. The molecule has 0 N–H and O–H groups in total. The highest BCUT2D eigenvalue weighted by molar-refractivity contribution is 5.83. The third-order valence-electron chi connectivity index (χ3n) is 2.85. The number of hydrogen-bond donors (Lipinski definition) is 0. The topological polar surface area (TPSA) is 21.6 Å². The van der Waals surface area contributed by atoms with E-state index in [4.69, 9.17) is 4.74 Å². The van der Waals surface area contributed by atoms with Gasteiger partial charge in [-0.15, -0.1) is 0 Å². The van der Waals surface area contributed by atoms with Gasteiger partial charge < -0.3 is 4.74 Å². The molecule has 0 saturated heterocycles. The normalized spacial score (nSPS) is 10.8. The van der Waals surface area contributed by atoms with Crippen molar-refractivity contribution in [2.24, 2.45) is 4.99 Å². The van der Waals surface area contributed by atoms with Crippen LogP contribution in [0.4, 0.5) is 5.69 Å². The zero-order valence-electron chi connectivity index (χ0n) is 11.0. The van der Waals surface area contributed by atoms with Crippen molar-refractivity contribution in [2.75, 3.05) is 7.11 Å². The molecule has 0 saturated carbocycles. The highest BCUT2D eigenvalue weighted by atomic mass is 16.5. The Hall–Kier alpha value is -2.09. The second-order valence-corrected chi connectivity index (χ2v) is 4.32. The van der Waals surface area contributed by atoms with Crippen LogP contribution < -0.4 is 4.74 Å². The number of ether oxygens (including phenoxy) is 1. The minimum atomic E-state index is 0.848. The molecule has 0 bridgehead atoms. The summed E-state index contributed by atoms with van der Waals surface area (Å²) in [5, 5.41) is 0. The molecule has 0 amide bonds. The molecule has 2 heteroatoms. The van der Waals surface area contributed by atoms with E-state index in [1.54, 1.807) is 7.11 Å². The number of aryl methyl sites for hydroxylation is 2. The summed E-state index contributed by atoms with van der Waals surface area (Å²) in [6, 6.07) is 14.1. The van der Waals surface area contributed by atoms with Crippen LogP contribution in [0, 0.1) is 13.8 Å². The Balaban J connectivity index is 2.19. The number of nitrogens with zero attached hydrogens (tertiary/aromatic N) is 1. The molecule has 0 atom stereocenters. The van der Waals surface area contributed by atoms with Crippen molar-refractivity contribution in [3.05, 3.63) is 59.2 Å². The number of aliphatic imine (C=N–C) groups is 1. The first-order valence-electron chi connectivity index (χ1n) is 5.94. The Labute approximate surface area is 108 Å². The fourth-order valence-corrected chi connectivity index (χ4v) is 1.78. The summed E-state index contributed by atoms with van der Waals surface area (Å²) in [4.78, 5) is 4.46. The fraction of sp³-hybridized carbons (Fsp3) is 0.188. The lowest BCUT2D eigenvalue weighted by atomic mass is 10.1. The van der Waals surface area contributed by atoms with Gasteiger partial charge in [-0.1, -0.05) is 23.8 Å². The van der Waals surface area contributed by atoms with E-state index in [9.17, 15) is 0 Å². The van der Waals surface area contributed by atoms with Crippen LogP contribution in [0.25, 0.3) is 0 Å². The standard InChI is InChI=1S/C16H17NO/c1-12-4-5-14(13(2)10-12)11-17-15-6-8-16(18-3)9-7-15/h4-11H,1-3H3/b17-11+. The van der Waals surface area contributed by atoms with Crippen molar-refractivity contribution in [1.29, 1.82) is 0 Å². The van der Waals surface area contributed by atoms with E-state index in [0.29, 0.717) is 0 Å². The first-order chi connectivity index (χ1) is 8.69. The van der Waals surface area contributed by atoms with Crippen LogP contribution in [0.3, 0.4) is 0 Å². The molecule has 0 radical (unpaired) electrons. The summed E-state index contributed by atoms with van der Waals surface area (Å²) >= 11 is 0. The lowest BCUT2D eigenvalue weighted by molar-refractivity contribution is 0.415. The molecular formula is C16H17NO. The van der Waals surface area contributed by atoms with Crippen LogP contribution >= 0.6 is 0 Å². The molecule has 18 heavy (non-hydrogen) atoms. The Morgan fingerprint density at radius 1 is 1.00 bits per heavy atom. The van der Waals surface area contributed by atoms with Gasteiger partial charge in [-0.05, 0) is 49.2 Å². The number of benzene rings is 2. The summed E-state index contributed by atoms with van der Waals surface area (Å²) in [5.74, 6) is 0.848. The van der Waals surface area contributed by atoms with Crippen molar-refractivity contribution in [3.8, 4) is 5.75 Å². The van der Waals surface area contributed by atoms with Gasteiger partial charge in [0, 0.05) is 6.21 Å². The van der Waals surface area contributed by atoms with Gasteiger partial charge in [-0.25, -0.2) is 0 Å². The third kappa shape index (κ3) is 2.98. The predicted octanol–water partition coefficient (Wildman–Crippen LogP) is 4.06. The molecule has 0 aliphatic rings. The Morgan fingerprint density at radius 2 is 1.72 bits per heavy atom. The summed E-state index contributed by atoms with van der Waals surface area (Å²) in [6.07, 6.45) is 1.90. The summed E-state index contributed by atoms with van der Waals surface area (Å²) < 4.78 is 5.11. The highest BCUT2D eigenvalue weighted by Gasteiger charge is 1.95. The lowest BCUT2D eigenvalue weighted by Crippen LogP contribution is -1.87. The van der Waals surface area contributed by atoms with E-state index >= 15 is 0 Å². The van der Waals surface area contributed by atoms with Crippen molar-refractivity contribution < 1.29 is 4.74 Å². The van der Waals surface area contributed by atoms with Crippen LogP contribution in [0.1, 0.15) is 16.7 Å². The molecule has 0 unspecified atom stereocenters. The van der Waals surface area contributed by atoms with E-state index in [1.165, 1.54) is 11.1 Å². The van der Waals surface area contributed by atoms with Gasteiger partial charge in [0.2, 0.25) is 0 Å². The molecule has 2 rings (SSSR count). The first kappa shape index (κ1) is 12.4. The Kier molecular flexibility index (Phi) is 3.78. The van der Waals surface area contributed by atoms with Crippen LogP contribution in [0.2, 0.25) is 0 Å². The average Bonchev–Trinajstić information content (AvgIpc) is 2.38. The van der Waals surface area contributed by atoms with Crippen LogP contribution in [0.5, 0.6) is 5.75 Å². The molecule has 92 valence electrons. The van der Waals surface area contributed by atoms with Crippen LogP contribution in [-0.2, 0) is 0 Å². The van der Waals surface area contributed by atoms with Crippen molar-refractivity contribution in [1.82, 2.24) is 0 Å².